The predicted molar refractivity (Wildman–Crippen MR) is 74.1 cm³/mol. The van der Waals surface area contributed by atoms with Crippen LogP contribution >= 0.6 is 0 Å². The molecule has 19 heavy (non-hydrogen) atoms. The lowest BCUT2D eigenvalue weighted by Crippen LogP contribution is -2.36. The van der Waals surface area contributed by atoms with Crippen molar-refractivity contribution < 1.29 is 9.26 Å². The second-order valence-corrected chi connectivity index (χ2v) is 4.72. The standard InChI is InChI=1S/C14H17N3O2/c1-10-2-3-11(12-9-16-19-14(12)15)13(8-10)17-4-6-18-7-5-17/h2-3,8-9H,4-7,15H2,1H3. The molecule has 2 heterocycles. The lowest BCUT2D eigenvalue weighted by atomic mass is 10.0. The Morgan fingerprint density at radius 2 is 2.00 bits per heavy atom. The molecule has 0 amide bonds. The molecule has 1 aromatic heterocycles. The van der Waals surface area contributed by atoms with Crippen LogP contribution in [0.25, 0.3) is 11.1 Å². The van der Waals surface area contributed by atoms with E-state index >= 15 is 0 Å². The second-order valence-electron chi connectivity index (χ2n) is 4.72. The normalized spacial score (nSPS) is 15.7. The van der Waals surface area contributed by atoms with Gasteiger partial charge < -0.3 is 19.9 Å². The van der Waals surface area contributed by atoms with E-state index in [4.69, 9.17) is 15.0 Å². The van der Waals surface area contributed by atoms with Gasteiger partial charge in [-0.2, -0.15) is 0 Å². The van der Waals surface area contributed by atoms with Crippen molar-refractivity contribution in [1.29, 1.82) is 0 Å². The number of nitrogens with two attached hydrogens (primary N) is 1. The Bertz CT molecular complexity index is 574. The minimum absolute atomic E-state index is 0.360. The highest BCUT2D eigenvalue weighted by atomic mass is 16.5. The average Bonchev–Trinajstić information content (AvgIpc) is 2.86. The van der Waals surface area contributed by atoms with Gasteiger partial charge in [0.25, 0.3) is 0 Å². The van der Waals surface area contributed by atoms with Gasteiger partial charge >= 0.3 is 0 Å². The Morgan fingerprint density at radius 3 is 2.68 bits per heavy atom. The summed E-state index contributed by atoms with van der Waals surface area (Å²) in [6, 6.07) is 6.32. The van der Waals surface area contributed by atoms with Gasteiger partial charge in [-0.1, -0.05) is 17.3 Å². The van der Waals surface area contributed by atoms with Crippen LogP contribution in [0.2, 0.25) is 0 Å². The highest BCUT2D eigenvalue weighted by Crippen LogP contribution is 2.35. The molecule has 0 atom stereocenters. The van der Waals surface area contributed by atoms with E-state index in [1.165, 1.54) is 11.3 Å². The number of aromatic nitrogens is 1. The van der Waals surface area contributed by atoms with E-state index in [1.807, 2.05) is 0 Å². The highest BCUT2D eigenvalue weighted by Gasteiger charge is 2.18. The molecular weight excluding hydrogens is 242 g/mol. The molecule has 1 aromatic carbocycles. The third kappa shape index (κ3) is 2.29. The van der Waals surface area contributed by atoms with Crippen LogP contribution in [0.3, 0.4) is 0 Å². The highest BCUT2D eigenvalue weighted by molar-refractivity contribution is 5.83. The van der Waals surface area contributed by atoms with E-state index in [0.717, 1.165) is 37.4 Å². The molecule has 5 nitrogen and oxygen atoms in total. The van der Waals surface area contributed by atoms with Gasteiger partial charge in [0.2, 0.25) is 5.88 Å². The molecule has 2 N–H and O–H groups in total. The summed E-state index contributed by atoms with van der Waals surface area (Å²) in [5.41, 5.74) is 10.1. The van der Waals surface area contributed by atoms with Crippen LogP contribution in [0.5, 0.6) is 0 Å². The number of ether oxygens (including phenoxy) is 1. The lowest BCUT2D eigenvalue weighted by Gasteiger charge is -2.30. The third-order valence-corrected chi connectivity index (χ3v) is 3.39. The summed E-state index contributed by atoms with van der Waals surface area (Å²) in [7, 11) is 0. The SMILES string of the molecule is Cc1ccc(-c2cnoc2N)c(N2CCOCC2)c1. The smallest absolute Gasteiger partial charge is 0.230 e. The van der Waals surface area contributed by atoms with Crippen molar-refractivity contribution in [2.75, 3.05) is 36.9 Å². The Labute approximate surface area is 111 Å². The fourth-order valence-corrected chi connectivity index (χ4v) is 2.39. The summed E-state index contributed by atoms with van der Waals surface area (Å²) in [4.78, 5) is 2.32. The molecule has 5 heteroatoms. The number of nitrogen functional groups attached to an aromatic ring is 1. The first-order valence-electron chi connectivity index (χ1n) is 6.39. The van der Waals surface area contributed by atoms with E-state index in [1.54, 1.807) is 6.20 Å². The van der Waals surface area contributed by atoms with Crippen molar-refractivity contribution in [2.24, 2.45) is 0 Å². The molecule has 2 aromatic rings. The maximum atomic E-state index is 5.84. The number of hydrogen-bond donors (Lipinski definition) is 1. The second kappa shape index (κ2) is 4.93. The number of nitrogens with zero attached hydrogens (tertiary/aromatic N) is 2. The van der Waals surface area contributed by atoms with Crippen LogP contribution in [0.4, 0.5) is 11.6 Å². The Balaban J connectivity index is 2.06. The zero-order valence-electron chi connectivity index (χ0n) is 10.9. The van der Waals surface area contributed by atoms with E-state index < -0.39 is 0 Å². The molecule has 100 valence electrons. The number of hydrogen-bond acceptors (Lipinski definition) is 5. The first kappa shape index (κ1) is 12.0. The van der Waals surface area contributed by atoms with E-state index in [-0.39, 0.29) is 0 Å². The average molecular weight is 259 g/mol. The van der Waals surface area contributed by atoms with Crippen LogP contribution < -0.4 is 10.6 Å². The van der Waals surface area contributed by atoms with Gasteiger partial charge in [0, 0.05) is 24.3 Å². The topological polar surface area (TPSA) is 64.5 Å². The molecule has 0 saturated carbocycles. The molecule has 1 fully saturated rings. The fourth-order valence-electron chi connectivity index (χ4n) is 2.39. The van der Waals surface area contributed by atoms with Crippen molar-refractivity contribution >= 4 is 11.6 Å². The van der Waals surface area contributed by atoms with Crippen molar-refractivity contribution in [3.05, 3.63) is 30.0 Å². The van der Waals surface area contributed by atoms with Crippen LogP contribution in [0, 0.1) is 6.92 Å². The predicted octanol–water partition coefficient (Wildman–Crippen LogP) is 2.07. The molecule has 1 saturated heterocycles. The van der Waals surface area contributed by atoms with Gasteiger partial charge in [-0.3, -0.25) is 0 Å². The van der Waals surface area contributed by atoms with E-state index in [0.29, 0.717) is 5.88 Å². The van der Waals surface area contributed by atoms with Crippen LogP contribution in [0.1, 0.15) is 5.56 Å². The molecule has 3 rings (SSSR count). The minimum atomic E-state index is 0.360. The summed E-state index contributed by atoms with van der Waals surface area (Å²) < 4.78 is 10.4. The summed E-state index contributed by atoms with van der Waals surface area (Å²) in [6.45, 7) is 5.38. The van der Waals surface area contributed by atoms with Gasteiger partial charge in [-0.25, -0.2) is 0 Å². The van der Waals surface area contributed by atoms with E-state index in [9.17, 15) is 0 Å². The van der Waals surface area contributed by atoms with Crippen molar-refractivity contribution in [3.63, 3.8) is 0 Å². The molecule has 0 bridgehead atoms. The van der Waals surface area contributed by atoms with Gasteiger partial charge in [0.05, 0.1) is 25.0 Å². The molecule has 1 aliphatic heterocycles. The van der Waals surface area contributed by atoms with Gasteiger partial charge in [-0.15, -0.1) is 0 Å². The van der Waals surface area contributed by atoms with E-state index in [2.05, 4.69) is 35.2 Å². The van der Waals surface area contributed by atoms with Crippen LogP contribution in [-0.2, 0) is 4.74 Å². The maximum absolute atomic E-state index is 5.84. The summed E-state index contributed by atoms with van der Waals surface area (Å²) in [5, 5.41) is 3.76. The number of anilines is 2. The Hall–Kier alpha value is -2.01. The quantitative estimate of drug-likeness (QED) is 0.894. The minimum Gasteiger partial charge on any atom is -0.378 e. The fraction of sp³-hybridized carbons (Fsp3) is 0.357. The maximum Gasteiger partial charge on any atom is 0.230 e. The monoisotopic (exact) mass is 259 g/mol. The van der Waals surface area contributed by atoms with Gasteiger partial charge in [-0.05, 0) is 18.6 Å². The molecular formula is C14H17N3O2. The van der Waals surface area contributed by atoms with Crippen LogP contribution in [-0.4, -0.2) is 31.5 Å². The summed E-state index contributed by atoms with van der Waals surface area (Å²) in [5.74, 6) is 0.360. The molecule has 0 unspecified atom stereocenters. The number of benzene rings is 1. The zero-order chi connectivity index (χ0) is 13.2. The van der Waals surface area contributed by atoms with Gasteiger partial charge in [0.15, 0.2) is 0 Å². The lowest BCUT2D eigenvalue weighted by molar-refractivity contribution is 0.123. The number of morpholine rings is 1. The van der Waals surface area contributed by atoms with Crippen LogP contribution in [0.15, 0.2) is 28.9 Å². The first-order chi connectivity index (χ1) is 9.25. The summed E-state index contributed by atoms with van der Waals surface area (Å²) in [6.07, 6.45) is 1.67. The third-order valence-electron chi connectivity index (χ3n) is 3.39. The molecule has 0 radical (unpaired) electrons. The first-order valence-corrected chi connectivity index (χ1v) is 6.39. The Kier molecular flexibility index (Phi) is 3.13. The molecule has 0 aliphatic carbocycles. The largest absolute Gasteiger partial charge is 0.378 e. The summed E-state index contributed by atoms with van der Waals surface area (Å²) >= 11 is 0. The number of aryl methyl sites for hydroxylation is 1. The Morgan fingerprint density at radius 1 is 1.21 bits per heavy atom. The van der Waals surface area contributed by atoms with Crippen molar-refractivity contribution in [3.8, 4) is 11.1 Å². The van der Waals surface area contributed by atoms with Crippen molar-refractivity contribution in [2.45, 2.75) is 6.92 Å². The number of rotatable bonds is 2. The molecule has 0 spiro atoms. The van der Waals surface area contributed by atoms with Crippen molar-refractivity contribution in [1.82, 2.24) is 5.16 Å². The molecule has 1 aliphatic rings. The zero-order valence-corrected chi connectivity index (χ0v) is 10.9. The van der Waals surface area contributed by atoms with Gasteiger partial charge in [0.1, 0.15) is 0 Å².